The molecule has 8 heteroatoms. The van der Waals surface area contributed by atoms with E-state index in [4.69, 9.17) is 0 Å². The van der Waals surface area contributed by atoms with Crippen LogP contribution in [0.1, 0.15) is 19.8 Å². The molecule has 0 saturated heterocycles. The van der Waals surface area contributed by atoms with Gasteiger partial charge in [-0.25, -0.2) is 21.6 Å². The smallest absolute Gasteiger partial charge is 0.232 e. The maximum atomic E-state index is 13.6. The Kier molecular flexibility index (Phi) is 5.71. The van der Waals surface area contributed by atoms with Crippen molar-refractivity contribution in [1.82, 2.24) is 0 Å². The number of anilines is 3. The second kappa shape index (κ2) is 7.57. The summed E-state index contributed by atoms with van der Waals surface area (Å²) in [7, 11) is -3.41. The van der Waals surface area contributed by atoms with Gasteiger partial charge < -0.3 is 5.32 Å². The number of benzene rings is 2. The van der Waals surface area contributed by atoms with E-state index in [9.17, 15) is 21.6 Å². The Hall–Kier alpha value is -2.22. The standard InChI is InChI=1S/C16H17F3N2O2S/c1-2-3-10-24(22,23)21-12-6-4-11(5-7-12)20-14-9-8-13(17)15(18)16(14)19/h4-9,20-21H,2-3,10H2,1H3. The molecule has 0 amide bonds. The fraction of sp³-hybridized carbons (Fsp3) is 0.250. The first-order chi connectivity index (χ1) is 11.3. The first kappa shape index (κ1) is 18.1. The number of sulfonamides is 1. The highest BCUT2D eigenvalue weighted by molar-refractivity contribution is 7.92. The molecule has 0 heterocycles. The summed E-state index contributed by atoms with van der Waals surface area (Å²) in [5, 5.41) is 2.61. The monoisotopic (exact) mass is 358 g/mol. The first-order valence-corrected chi connectivity index (χ1v) is 8.98. The predicted octanol–water partition coefficient (Wildman–Crippen LogP) is 4.39. The molecule has 0 radical (unpaired) electrons. The summed E-state index contributed by atoms with van der Waals surface area (Å²) in [5.41, 5.74) is 0.545. The van der Waals surface area contributed by atoms with E-state index in [1.54, 1.807) is 0 Å². The Morgan fingerprint density at radius 3 is 2.17 bits per heavy atom. The molecule has 24 heavy (non-hydrogen) atoms. The molecule has 2 N–H and O–H groups in total. The van der Waals surface area contributed by atoms with E-state index in [0.29, 0.717) is 17.8 Å². The molecule has 0 fully saturated rings. The topological polar surface area (TPSA) is 58.2 Å². The van der Waals surface area contributed by atoms with Gasteiger partial charge in [0.25, 0.3) is 0 Å². The number of halogens is 3. The van der Waals surface area contributed by atoms with Crippen LogP contribution in [0.2, 0.25) is 0 Å². The maximum Gasteiger partial charge on any atom is 0.232 e. The summed E-state index contributed by atoms with van der Waals surface area (Å²) in [6.45, 7) is 1.90. The summed E-state index contributed by atoms with van der Waals surface area (Å²) in [6, 6.07) is 7.87. The van der Waals surface area contributed by atoms with Crippen molar-refractivity contribution in [1.29, 1.82) is 0 Å². The highest BCUT2D eigenvalue weighted by atomic mass is 32.2. The molecule has 0 unspecified atom stereocenters. The Bertz CT molecular complexity index is 809. The van der Waals surface area contributed by atoms with Crippen LogP contribution >= 0.6 is 0 Å². The largest absolute Gasteiger partial charge is 0.353 e. The zero-order valence-electron chi connectivity index (χ0n) is 12.9. The molecular formula is C16H17F3N2O2S. The van der Waals surface area contributed by atoms with Crippen molar-refractivity contribution in [2.75, 3.05) is 15.8 Å². The second-order valence-electron chi connectivity index (χ2n) is 5.20. The van der Waals surface area contributed by atoms with Crippen LogP contribution in [0.4, 0.5) is 30.2 Å². The fourth-order valence-corrected chi connectivity index (χ4v) is 3.23. The van der Waals surface area contributed by atoms with E-state index < -0.39 is 27.5 Å². The zero-order valence-corrected chi connectivity index (χ0v) is 13.8. The van der Waals surface area contributed by atoms with E-state index in [1.807, 2.05) is 6.92 Å². The van der Waals surface area contributed by atoms with Crippen LogP contribution < -0.4 is 10.0 Å². The van der Waals surface area contributed by atoms with E-state index in [1.165, 1.54) is 24.3 Å². The summed E-state index contributed by atoms with van der Waals surface area (Å²) in [5.74, 6) is -4.11. The van der Waals surface area contributed by atoms with Crippen LogP contribution in [0.3, 0.4) is 0 Å². The summed E-state index contributed by atoms with van der Waals surface area (Å²) in [6.07, 6.45) is 1.33. The molecule has 0 atom stereocenters. The summed E-state index contributed by atoms with van der Waals surface area (Å²) < 4.78 is 65.7. The number of hydrogen-bond acceptors (Lipinski definition) is 3. The molecule has 0 spiro atoms. The van der Waals surface area contributed by atoms with Gasteiger partial charge in [-0.15, -0.1) is 0 Å². The van der Waals surface area contributed by atoms with Gasteiger partial charge in [0, 0.05) is 11.4 Å². The van der Waals surface area contributed by atoms with Crippen LogP contribution in [0.25, 0.3) is 0 Å². The minimum atomic E-state index is -3.41. The third-order valence-electron chi connectivity index (χ3n) is 3.24. The predicted molar refractivity (Wildman–Crippen MR) is 88.4 cm³/mol. The fourth-order valence-electron chi connectivity index (χ4n) is 1.96. The van der Waals surface area contributed by atoms with E-state index in [0.717, 1.165) is 18.6 Å². The third kappa shape index (κ3) is 4.64. The Morgan fingerprint density at radius 1 is 0.917 bits per heavy atom. The molecule has 2 aromatic carbocycles. The van der Waals surface area contributed by atoms with Crippen molar-refractivity contribution in [2.24, 2.45) is 0 Å². The number of rotatable bonds is 7. The highest BCUT2D eigenvalue weighted by Gasteiger charge is 2.13. The van der Waals surface area contributed by atoms with Gasteiger partial charge in [-0.3, -0.25) is 4.72 Å². The van der Waals surface area contributed by atoms with Gasteiger partial charge in [0.2, 0.25) is 10.0 Å². The lowest BCUT2D eigenvalue weighted by atomic mass is 10.2. The van der Waals surface area contributed by atoms with Gasteiger partial charge in [0.05, 0.1) is 11.4 Å². The average molecular weight is 358 g/mol. The van der Waals surface area contributed by atoms with Gasteiger partial charge in [-0.2, -0.15) is 0 Å². The molecule has 130 valence electrons. The van der Waals surface area contributed by atoms with Gasteiger partial charge in [-0.1, -0.05) is 13.3 Å². The van der Waals surface area contributed by atoms with Crippen LogP contribution in [0.5, 0.6) is 0 Å². The van der Waals surface area contributed by atoms with Gasteiger partial charge in [-0.05, 0) is 42.8 Å². The quantitative estimate of drug-likeness (QED) is 0.722. The third-order valence-corrected chi connectivity index (χ3v) is 4.61. The van der Waals surface area contributed by atoms with Crippen molar-refractivity contribution in [3.05, 3.63) is 53.8 Å². The minimum absolute atomic E-state index is 0.0313. The molecule has 4 nitrogen and oxygen atoms in total. The minimum Gasteiger partial charge on any atom is -0.353 e. The normalized spacial score (nSPS) is 11.3. The van der Waals surface area contributed by atoms with Crippen LogP contribution in [0, 0.1) is 17.5 Å². The molecule has 2 aromatic rings. The van der Waals surface area contributed by atoms with E-state index >= 15 is 0 Å². The van der Waals surface area contributed by atoms with Crippen LogP contribution in [0.15, 0.2) is 36.4 Å². The Balaban J connectivity index is 2.09. The van der Waals surface area contributed by atoms with E-state index in [2.05, 4.69) is 10.0 Å². The van der Waals surface area contributed by atoms with Gasteiger partial charge in [0.15, 0.2) is 17.5 Å². The SMILES string of the molecule is CCCCS(=O)(=O)Nc1ccc(Nc2ccc(F)c(F)c2F)cc1. The van der Waals surface area contributed by atoms with Crippen LogP contribution in [-0.2, 0) is 10.0 Å². The van der Waals surface area contributed by atoms with Gasteiger partial charge >= 0.3 is 0 Å². The molecule has 0 saturated carbocycles. The second-order valence-corrected chi connectivity index (χ2v) is 7.04. The van der Waals surface area contributed by atoms with Crippen molar-refractivity contribution < 1.29 is 21.6 Å². The molecule has 0 aliphatic carbocycles. The molecule has 0 aliphatic heterocycles. The molecule has 0 bridgehead atoms. The highest BCUT2D eigenvalue weighted by Crippen LogP contribution is 2.24. The Morgan fingerprint density at radius 2 is 1.54 bits per heavy atom. The zero-order chi connectivity index (χ0) is 17.7. The average Bonchev–Trinajstić information content (AvgIpc) is 2.55. The van der Waals surface area contributed by atoms with Crippen molar-refractivity contribution in [2.45, 2.75) is 19.8 Å². The summed E-state index contributed by atoms with van der Waals surface area (Å²) >= 11 is 0. The first-order valence-electron chi connectivity index (χ1n) is 7.33. The lowest BCUT2D eigenvalue weighted by Gasteiger charge is -2.11. The summed E-state index contributed by atoms with van der Waals surface area (Å²) in [4.78, 5) is 0. The number of nitrogens with one attached hydrogen (secondary N) is 2. The number of hydrogen-bond donors (Lipinski definition) is 2. The lowest BCUT2D eigenvalue weighted by molar-refractivity contribution is 0.449. The molecule has 0 aromatic heterocycles. The van der Waals surface area contributed by atoms with Crippen LogP contribution in [-0.4, -0.2) is 14.2 Å². The molecular weight excluding hydrogens is 341 g/mol. The maximum absolute atomic E-state index is 13.6. The van der Waals surface area contributed by atoms with Gasteiger partial charge in [0.1, 0.15) is 0 Å². The van der Waals surface area contributed by atoms with Crippen molar-refractivity contribution in [3.63, 3.8) is 0 Å². The molecule has 0 aliphatic rings. The van der Waals surface area contributed by atoms with Crippen molar-refractivity contribution in [3.8, 4) is 0 Å². The number of unbranched alkanes of at least 4 members (excludes halogenated alkanes) is 1. The van der Waals surface area contributed by atoms with Crippen molar-refractivity contribution >= 4 is 27.1 Å². The molecule has 2 rings (SSSR count). The lowest BCUT2D eigenvalue weighted by Crippen LogP contribution is -2.16. The van der Waals surface area contributed by atoms with E-state index in [-0.39, 0.29) is 11.4 Å². The Labute approximate surface area is 138 Å².